The summed E-state index contributed by atoms with van der Waals surface area (Å²) in [5, 5.41) is 2.03. The van der Waals surface area contributed by atoms with E-state index in [1.807, 2.05) is 42.6 Å². The highest BCUT2D eigenvalue weighted by Gasteiger charge is 2.27. The lowest BCUT2D eigenvalue weighted by molar-refractivity contribution is -0.571. The van der Waals surface area contributed by atoms with Crippen molar-refractivity contribution in [2.45, 2.75) is 131 Å². The van der Waals surface area contributed by atoms with Crippen LogP contribution in [0.4, 0.5) is 0 Å². The van der Waals surface area contributed by atoms with Gasteiger partial charge in [0.15, 0.2) is 5.82 Å². The van der Waals surface area contributed by atoms with Gasteiger partial charge >= 0.3 is 0 Å². The summed E-state index contributed by atoms with van der Waals surface area (Å²) in [5.74, 6) is 2.10. The molecule has 0 radical (unpaired) electrons. The molecule has 0 fully saturated rings. The van der Waals surface area contributed by atoms with Crippen LogP contribution < -0.4 is 9.30 Å². The number of pyridine rings is 2. The molecule has 0 aliphatic heterocycles. The molecule has 13 rings (SSSR count). The number of ether oxygens (including phenoxy) is 1. The van der Waals surface area contributed by atoms with Gasteiger partial charge in [-0.25, -0.2) is 4.98 Å². The van der Waals surface area contributed by atoms with Crippen molar-refractivity contribution in [3.8, 4) is 84.5 Å². The Morgan fingerprint density at radius 1 is 0.374 bits per heavy atom. The first-order chi connectivity index (χ1) is 47.4. The van der Waals surface area contributed by atoms with E-state index in [2.05, 4.69) is 206 Å². The largest absolute Gasteiger partial charge is 0.458 e. The minimum atomic E-state index is -0.580. The van der Waals surface area contributed by atoms with Crippen LogP contribution in [-0.4, -0.2) is 19.1 Å². The standard InChI is InChI=1S/C85H83N5O/c1-81(2,3)63-37-39-87-79(51-63)90-74-36-33-57(58-41-59(61-44-64(82(4,5)6)49-65(45-61)83(7,8)9)43-60(42-58)62-46-66(84(10,11)12)50-67(47-62)85(13,14)15)48-73(74)72-35-34-68(52-77(72)90)91-69-38-40-86-78(53-69)88-54-89(76-32-23-22-31-75(76)88)80-70(55-25-18-16-19-26-55)29-24-30-71(80)56-27-20-17-21-28-56/h16-53H,1-15H3/i16D,17D,18D,19D,20D,21D,25D,26D,27D,28D. The fraction of sp³-hybridized carbons (Fsp3) is 0.235. The fourth-order valence-corrected chi connectivity index (χ4v) is 12.0. The van der Waals surface area contributed by atoms with Crippen LogP contribution in [-0.2, 0) is 27.1 Å². The Balaban J connectivity index is 0.974. The second-order valence-corrected chi connectivity index (χ2v) is 29.2. The summed E-state index contributed by atoms with van der Waals surface area (Å²) in [6.45, 7) is 34.1. The molecule has 0 unspecified atom stereocenters. The van der Waals surface area contributed by atoms with Crippen molar-refractivity contribution in [2.24, 2.45) is 0 Å². The first kappa shape index (κ1) is 49.2. The summed E-state index contributed by atoms with van der Waals surface area (Å²) in [6.07, 6.45) is 6.95. The number of aromatic nitrogens is 5. The summed E-state index contributed by atoms with van der Waals surface area (Å²) in [6, 6.07) is 48.8. The molecule has 91 heavy (non-hydrogen) atoms. The van der Waals surface area contributed by atoms with Crippen molar-refractivity contribution in [3.63, 3.8) is 0 Å². The Hall–Kier alpha value is -9.65. The van der Waals surface area contributed by atoms with E-state index in [0.717, 1.165) is 55.4 Å². The van der Waals surface area contributed by atoms with Gasteiger partial charge in [-0.2, -0.15) is 0 Å². The van der Waals surface area contributed by atoms with Crippen LogP contribution >= 0.6 is 0 Å². The molecule has 0 atom stereocenters. The Morgan fingerprint density at radius 2 is 0.868 bits per heavy atom. The molecule has 0 bridgehead atoms. The molecule has 0 amide bonds. The van der Waals surface area contributed by atoms with Crippen LogP contribution in [0.25, 0.3) is 106 Å². The van der Waals surface area contributed by atoms with Gasteiger partial charge in [0.1, 0.15) is 17.3 Å². The lowest BCUT2D eigenvalue weighted by atomic mass is 9.78. The van der Waals surface area contributed by atoms with Crippen molar-refractivity contribution in [2.75, 3.05) is 0 Å². The van der Waals surface area contributed by atoms with Crippen LogP contribution in [0.15, 0.2) is 231 Å². The molecule has 13 aromatic rings. The Bertz CT molecular complexity index is 5250. The van der Waals surface area contributed by atoms with E-state index in [-0.39, 0.29) is 55.0 Å². The van der Waals surface area contributed by atoms with Gasteiger partial charge in [0.2, 0.25) is 0 Å². The first-order valence-electron chi connectivity index (χ1n) is 36.3. The third kappa shape index (κ3) is 11.9. The number of imidazole rings is 1. The maximum Gasteiger partial charge on any atom is 0.271 e. The summed E-state index contributed by atoms with van der Waals surface area (Å²) in [4.78, 5) is 9.92. The van der Waals surface area contributed by atoms with E-state index >= 15 is 0 Å². The van der Waals surface area contributed by atoms with Gasteiger partial charge in [-0.05, 0) is 171 Å². The maximum absolute atomic E-state index is 9.16. The van der Waals surface area contributed by atoms with Crippen LogP contribution in [0.5, 0.6) is 11.5 Å². The highest BCUT2D eigenvalue weighted by atomic mass is 16.5. The molecule has 6 nitrogen and oxygen atoms in total. The molecule has 4 aromatic heterocycles. The summed E-state index contributed by atoms with van der Waals surface area (Å²) in [5.41, 5.74) is 15.5. The summed E-state index contributed by atoms with van der Waals surface area (Å²) >= 11 is 0. The zero-order valence-electron chi connectivity index (χ0n) is 64.8. The highest BCUT2D eigenvalue weighted by molar-refractivity contribution is 6.11. The monoisotopic (exact) mass is 1200 g/mol. The van der Waals surface area contributed by atoms with Crippen LogP contribution in [0.1, 0.15) is 145 Å². The number of hydrogen-bond donors (Lipinski definition) is 0. The zero-order valence-corrected chi connectivity index (χ0v) is 54.8. The number of benzene rings is 9. The average molecular weight is 1200 g/mol. The Kier molecular flexibility index (Phi) is 12.3. The minimum Gasteiger partial charge on any atom is -0.458 e. The van der Waals surface area contributed by atoms with Crippen molar-refractivity contribution < 1.29 is 23.0 Å². The molecular weight excluding hydrogens is 1110 g/mol. The lowest BCUT2D eigenvalue weighted by Crippen LogP contribution is -2.31. The number of para-hydroxylation sites is 3. The quantitative estimate of drug-likeness (QED) is 0.101. The Morgan fingerprint density at radius 3 is 1.42 bits per heavy atom. The van der Waals surface area contributed by atoms with E-state index in [9.17, 15) is 0 Å². The second kappa shape index (κ2) is 22.7. The molecule has 454 valence electrons. The zero-order chi connectivity index (χ0) is 72.6. The molecule has 6 heteroatoms. The molecule has 0 saturated carbocycles. The second-order valence-electron chi connectivity index (χ2n) is 29.2. The summed E-state index contributed by atoms with van der Waals surface area (Å²) in [7, 11) is 0. The molecule has 9 aromatic carbocycles. The molecule has 0 aliphatic carbocycles. The molecule has 0 saturated heterocycles. The van der Waals surface area contributed by atoms with E-state index in [0.29, 0.717) is 28.4 Å². The van der Waals surface area contributed by atoms with Crippen molar-refractivity contribution >= 4 is 32.8 Å². The third-order valence-electron chi connectivity index (χ3n) is 17.4. The molecule has 0 spiro atoms. The van der Waals surface area contributed by atoms with Crippen molar-refractivity contribution in [1.29, 1.82) is 0 Å². The predicted molar refractivity (Wildman–Crippen MR) is 381 cm³/mol. The molecular formula is C85H83N5O. The molecule has 0 aliphatic rings. The molecule has 0 N–H and O–H groups in total. The van der Waals surface area contributed by atoms with Gasteiger partial charge in [0, 0.05) is 35.3 Å². The van der Waals surface area contributed by atoms with Crippen LogP contribution in [0.3, 0.4) is 0 Å². The molecule has 4 heterocycles. The average Bonchev–Trinajstić information content (AvgIpc) is 1.47. The van der Waals surface area contributed by atoms with Crippen molar-refractivity contribution in [1.82, 2.24) is 19.1 Å². The third-order valence-corrected chi connectivity index (χ3v) is 17.4. The van der Waals surface area contributed by atoms with Crippen molar-refractivity contribution in [3.05, 3.63) is 265 Å². The van der Waals surface area contributed by atoms with Crippen LogP contribution in [0.2, 0.25) is 0 Å². The first-order valence-corrected chi connectivity index (χ1v) is 31.3. The number of rotatable bonds is 10. The predicted octanol–water partition coefficient (Wildman–Crippen LogP) is 22.2. The maximum atomic E-state index is 9.16. The van der Waals surface area contributed by atoms with E-state index in [1.54, 1.807) is 45.7 Å². The highest BCUT2D eigenvalue weighted by Crippen LogP contribution is 2.44. The van der Waals surface area contributed by atoms with Gasteiger partial charge in [0.05, 0.1) is 41.5 Å². The minimum absolute atomic E-state index is 0.0915. The van der Waals surface area contributed by atoms with Gasteiger partial charge < -0.3 is 4.74 Å². The number of hydrogen-bond acceptors (Lipinski definition) is 3. The topological polar surface area (TPSA) is 48.8 Å². The normalized spacial score (nSPS) is 14.1. The van der Waals surface area contributed by atoms with E-state index < -0.39 is 60.4 Å². The van der Waals surface area contributed by atoms with Gasteiger partial charge in [-0.15, -0.1) is 0 Å². The lowest BCUT2D eigenvalue weighted by Gasteiger charge is -2.27. The van der Waals surface area contributed by atoms with E-state index in [4.69, 9.17) is 28.4 Å². The smallest absolute Gasteiger partial charge is 0.271 e. The van der Waals surface area contributed by atoms with Gasteiger partial charge in [0.25, 0.3) is 6.33 Å². The van der Waals surface area contributed by atoms with Gasteiger partial charge in [-0.3, -0.25) is 18.7 Å². The Labute approximate surface area is 552 Å². The van der Waals surface area contributed by atoms with Gasteiger partial charge in [-0.1, -0.05) is 249 Å². The number of fused-ring (bicyclic) bond motifs is 4. The van der Waals surface area contributed by atoms with Crippen LogP contribution in [0, 0.1) is 6.33 Å². The fourth-order valence-electron chi connectivity index (χ4n) is 12.0. The number of nitrogens with zero attached hydrogens (tertiary/aromatic N) is 5. The summed E-state index contributed by atoms with van der Waals surface area (Å²) < 4.78 is 101. The SMILES string of the molecule is [2H]c1c([2H])c([2H])c(-c2cccc(-c3c([2H])c([2H])c([2H])c([2H])c3[2H])c2-[n+]2[c-]n(-c3cc(Oc4ccc5c6cc(-c7cc(-c8cc(C(C)(C)C)cc(C(C)(C)C)c8)cc(-c8cc(C(C)(C)C)cc(C(C)(C)C)c8)c7)ccc6n(-c6cc(C(C)(C)C)ccn6)c5c4)ccn3)c3ccccc32)c([2H])c1[2H]. The van der Waals surface area contributed by atoms with E-state index in [1.165, 1.54) is 33.4 Å².